The number of thiophene rings is 1. The normalized spacial score (nSPS) is 15.5. The van der Waals surface area contributed by atoms with Gasteiger partial charge in [0.2, 0.25) is 5.91 Å². The molecule has 0 unspecified atom stereocenters. The van der Waals surface area contributed by atoms with Gasteiger partial charge in [0, 0.05) is 21.0 Å². The molecule has 1 aliphatic rings. The van der Waals surface area contributed by atoms with E-state index in [1.807, 2.05) is 35.8 Å². The summed E-state index contributed by atoms with van der Waals surface area (Å²) in [4.78, 5) is 31.0. The van der Waals surface area contributed by atoms with Crippen molar-refractivity contribution in [2.75, 3.05) is 6.54 Å². The van der Waals surface area contributed by atoms with Crippen LogP contribution in [-0.4, -0.2) is 50.0 Å². The van der Waals surface area contributed by atoms with Crippen molar-refractivity contribution in [1.82, 2.24) is 20.1 Å². The highest BCUT2D eigenvalue weighted by Crippen LogP contribution is 2.39. The third kappa shape index (κ3) is 5.21. The molecule has 2 atom stereocenters. The molecule has 3 aromatic rings. The number of carboxylic acids is 1. The number of hydrogen-bond donors (Lipinski definition) is 3. The quantitative estimate of drug-likeness (QED) is 0.360. The van der Waals surface area contributed by atoms with Crippen LogP contribution in [0.1, 0.15) is 64.9 Å². The fourth-order valence-corrected chi connectivity index (χ4v) is 5.65. The van der Waals surface area contributed by atoms with Crippen molar-refractivity contribution in [3.63, 3.8) is 0 Å². The number of aliphatic imine (C=N–C) groups is 1. The number of nitrogens with two attached hydrogens (primary N) is 1. The summed E-state index contributed by atoms with van der Waals surface area (Å²) >= 11 is 7.77. The Hall–Kier alpha value is -3.08. The van der Waals surface area contributed by atoms with E-state index in [0.29, 0.717) is 42.5 Å². The van der Waals surface area contributed by atoms with Crippen molar-refractivity contribution >= 4 is 40.5 Å². The third-order valence-corrected chi connectivity index (χ3v) is 7.76. The van der Waals surface area contributed by atoms with Crippen LogP contribution in [0.3, 0.4) is 0 Å². The number of amides is 1. The molecule has 0 saturated carbocycles. The van der Waals surface area contributed by atoms with E-state index in [2.05, 4.69) is 29.4 Å². The molecule has 36 heavy (non-hydrogen) atoms. The summed E-state index contributed by atoms with van der Waals surface area (Å²) in [6, 6.07) is 5.79. The number of nitrogens with one attached hydrogen (secondary N) is 1. The second kappa shape index (κ2) is 10.9. The Morgan fingerprint density at radius 3 is 2.58 bits per heavy atom. The Kier molecular flexibility index (Phi) is 7.87. The number of hydrogen-bond acceptors (Lipinski definition) is 7. The van der Waals surface area contributed by atoms with Crippen molar-refractivity contribution in [3.8, 4) is 5.00 Å². The molecule has 0 bridgehead atoms. The van der Waals surface area contributed by atoms with Crippen LogP contribution in [0.4, 0.5) is 0 Å². The fourth-order valence-electron chi connectivity index (χ4n) is 4.31. The molecule has 9 nitrogen and oxygen atoms in total. The molecule has 1 aliphatic heterocycles. The Bertz CT molecular complexity index is 1310. The molecule has 0 fully saturated rings. The molecule has 4 N–H and O–H groups in total. The van der Waals surface area contributed by atoms with Crippen LogP contribution in [0.15, 0.2) is 29.3 Å². The number of aromatic nitrogens is 3. The van der Waals surface area contributed by atoms with E-state index in [0.717, 1.165) is 32.3 Å². The predicted molar refractivity (Wildman–Crippen MR) is 140 cm³/mol. The maximum Gasteiger partial charge on any atom is 0.326 e. The minimum absolute atomic E-state index is 0.0666. The smallest absolute Gasteiger partial charge is 0.326 e. The largest absolute Gasteiger partial charge is 0.480 e. The predicted octanol–water partition coefficient (Wildman–Crippen LogP) is 3.89. The number of fused-ring (bicyclic) bond motifs is 3. The van der Waals surface area contributed by atoms with Crippen LogP contribution in [0.2, 0.25) is 5.02 Å². The zero-order chi connectivity index (χ0) is 26.0. The van der Waals surface area contributed by atoms with Gasteiger partial charge in [0.05, 0.1) is 12.1 Å². The van der Waals surface area contributed by atoms with Gasteiger partial charge in [0.15, 0.2) is 5.82 Å². The number of carbonyl (C=O) groups is 2. The van der Waals surface area contributed by atoms with Gasteiger partial charge in [0.25, 0.3) is 0 Å². The van der Waals surface area contributed by atoms with E-state index in [9.17, 15) is 14.7 Å². The molecular formula is C25H29ClN6O3S. The molecule has 0 aliphatic carbocycles. The highest BCUT2D eigenvalue weighted by molar-refractivity contribution is 7.15. The van der Waals surface area contributed by atoms with Gasteiger partial charge in [-0.2, -0.15) is 0 Å². The number of unbranched alkanes of at least 4 members (excludes halogenated alkanes) is 1. The highest BCUT2D eigenvalue weighted by atomic mass is 35.5. The minimum atomic E-state index is -1.07. The number of aryl methyl sites for hydroxylation is 2. The lowest BCUT2D eigenvalue weighted by atomic mass is 9.99. The van der Waals surface area contributed by atoms with Gasteiger partial charge in [-0.3, -0.25) is 14.4 Å². The number of carboxylic acid groups (broad SMARTS) is 1. The first-order chi connectivity index (χ1) is 17.2. The van der Waals surface area contributed by atoms with Gasteiger partial charge in [-0.25, -0.2) is 4.79 Å². The van der Waals surface area contributed by atoms with Crippen LogP contribution in [0, 0.1) is 20.8 Å². The number of rotatable bonds is 9. The summed E-state index contributed by atoms with van der Waals surface area (Å²) in [5.41, 5.74) is 9.20. The first-order valence-electron chi connectivity index (χ1n) is 11.8. The lowest BCUT2D eigenvalue weighted by Gasteiger charge is -2.17. The average Bonchev–Trinajstić information content (AvgIpc) is 3.31. The van der Waals surface area contributed by atoms with Crippen molar-refractivity contribution in [2.45, 2.75) is 58.5 Å². The van der Waals surface area contributed by atoms with E-state index < -0.39 is 24.0 Å². The summed E-state index contributed by atoms with van der Waals surface area (Å²) in [6.45, 7) is 6.46. The molecule has 1 amide bonds. The number of aliphatic carboxylic acids is 1. The molecule has 2 aromatic heterocycles. The third-order valence-electron chi connectivity index (χ3n) is 6.32. The van der Waals surface area contributed by atoms with Crippen molar-refractivity contribution < 1.29 is 14.7 Å². The van der Waals surface area contributed by atoms with Crippen molar-refractivity contribution in [2.24, 2.45) is 10.7 Å². The molecule has 190 valence electrons. The monoisotopic (exact) mass is 528 g/mol. The highest BCUT2D eigenvalue weighted by Gasteiger charge is 2.33. The topological polar surface area (TPSA) is 135 Å². The minimum Gasteiger partial charge on any atom is -0.480 e. The van der Waals surface area contributed by atoms with Crippen LogP contribution in [0.5, 0.6) is 0 Å². The van der Waals surface area contributed by atoms with E-state index in [-0.39, 0.29) is 6.42 Å². The number of benzene rings is 1. The molecule has 1 aromatic carbocycles. The SMILES string of the molecule is Cc1sc2c(c1C)C(c1ccc(Cl)cc1)=N[C@@H](CC(=O)N[C@H](CCCCN)C(=O)O)c1nnc(C)n1-2. The zero-order valence-corrected chi connectivity index (χ0v) is 22.0. The molecule has 3 heterocycles. The van der Waals surface area contributed by atoms with Crippen LogP contribution in [-0.2, 0) is 9.59 Å². The van der Waals surface area contributed by atoms with Crippen molar-refractivity contribution in [3.05, 3.63) is 62.5 Å². The second-order valence-corrected chi connectivity index (χ2v) is 10.5. The molecule has 11 heteroatoms. The van der Waals surface area contributed by atoms with Gasteiger partial charge >= 0.3 is 5.97 Å². The maximum absolute atomic E-state index is 13.1. The Morgan fingerprint density at radius 1 is 1.19 bits per heavy atom. The standard InChI is InChI=1S/C25H29ClN6O3S/c1-13-14(2)36-24-21(13)22(16-7-9-17(26)10-8-16)29-19(23-31-30-15(3)32(23)24)12-20(33)28-18(25(34)35)6-4-5-11-27/h7-10,18-19H,4-6,11-12,27H2,1-3H3,(H,28,33)(H,34,35)/t18-,19+/m1/s1. The zero-order valence-electron chi connectivity index (χ0n) is 20.4. The van der Waals surface area contributed by atoms with E-state index in [1.165, 1.54) is 0 Å². The molecule has 4 rings (SSSR count). The first kappa shape index (κ1) is 26.0. The Labute approximate surface area is 218 Å². The van der Waals surface area contributed by atoms with E-state index >= 15 is 0 Å². The van der Waals surface area contributed by atoms with Gasteiger partial charge < -0.3 is 16.2 Å². The molecule has 0 radical (unpaired) electrons. The van der Waals surface area contributed by atoms with E-state index in [1.54, 1.807) is 11.3 Å². The van der Waals surface area contributed by atoms with Gasteiger partial charge in [-0.15, -0.1) is 21.5 Å². The van der Waals surface area contributed by atoms with E-state index in [4.69, 9.17) is 22.3 Å². The molecule has 0 spiro atoms. The average molecular weight is 529 g/mol. The molecular weight excluding hydrogens is 500 g/mol. The van der Waals surface area contributed by atoms with Gasteiger partial charge in [-0.1, -0.05) is 23.7 Å². The number of nitrogens with zero attached hydrogens (tertiary/aromatic N) is 4. The van der Waals surface area contributed by atoms with Crippen molar-refractivity contribution in [1.29, 1.82) is 0 Å². The summed E-state index contributed by atoms with van der Waals surface area (Å²) in [7, 11) is 0. The van der Waals surface area contributed by atoms with Gasteiger partial charge in [-0.05, 0) is 64.3 Å². The first-order valence-corrected chi connectivity index (χ1v) is 13.0. The Morgan fingerprint density at radius 2 is 1.92 bits per heavy atom. The molecule has 0 saturated heterocycles. The van der Waals surface area contributed by atoms with Crippen LogP contribution < -0.4 is 11.1 Å². The van der Waals surface area contributed by atoms with Gasteiger partial charge in [0.1, 0.15) is 22.9 Å². The lowest BCUT2D eigenvalue weighted by molar-refractivity contribution is -0.142. The Balaban J connectivity index is 1.75. The van der Waals surface area contributed by atoms with Crippen LogP contribution in [0.25, 0.3) is 5.00 Å². The fraction of sp³-hybridized carbons (Fsp3) is 0.400. The lowest BCUT2D eigenvalue weighted by Crippen LogP contribution is -2.41. The number of halogens is 1. The maximum atomic E-state index is 13.1. The summed E-state index contributed by atoms with van der Waals surface area (Å²) in [5, 5.41) is 22.5. The van der Waals surface area contributed by atoms with Crippen LogP contribution >= 0.6 is 22.9 Å². The summed E-state index contributed by atoms with van der Waals surface area (Å²) in [6.07, 6.45) is 1.55. The summed E-state index contributed by atoms with van der Waals surface area (Å²) in [5.74, 6) is -0.247. The summed E-state index contributed by atoms with van der Waals surface area (Å²) < 4.78 is 1.96. The number of carbonyl (C=O) groups excluding carboxylic acids is 1. The second-order valence-electron chi connectivity index (χ2n) is 8.85.